The van der Waals surface area contributed by atoms with Crippen molar-refractivity contribution < 1.29 is 0 Å². The molecule has 3 nitrogen and oxygen atoms in total. The first-order chi connectivity index (χ1) is 8.20. The number of hydrogen-bond acceptors (Lipinski definition) is 2. The first kappa shape index (κ1) is 10.3. The molecule has 0 amide bonds. The Kier molecular flexibility index (Phi) is 2.15. The maximum Gasteiger partial charge on any atom is 0.144 e. The summed E-state index contributed by atoms with van der Waals surface area (Å²) >= 11 is 0. The van der Waals surface area contributed by atoms with Crippen LogP contribution in [-0.4, -0.2) is 14.5 Å². The molecule has 3 aromatic rings. The number of benzene rings is 1. The molecule has 3 heteroatoms. The summed E-state index contributed by atoms with van der Waals surface area (Å²) in [6, 6.07) is 6.45. The van der Waals surface area contributed by atoms with E-state index in [0.717, 1.165) is 11.0 Å². The molecule has 0 fully saturated rings. The standard InChI is InChI=1S/C14H15N3/c1-9(2)10-5-4-6-11-12-7-15-8-16-14(12)17(3)13(10)11/h4-9H,1-3H3. The second-order valence-electron chi connectivity index (χ2n) is 4.72. The van der Waals surface area contributed by atoms with Crippen molar-refractivity contribution in [2.24, 2.45) is 7.05 Å². The molecule has 0 aliphatic carbocycles. The monoisotopic (exact) mass is 225 g/mol. The topological polar surface area (TPSA) is 30.7 Å². The molecule has 0 aliphatic heterocycles. The summed E-state index contributed by atoms with van der Waals surface area (Å²) < 4.78 is 2.17. The lowest BCUT2D eigenvalue weighted by atomic mass is 10.0. The van der Waals surface area contributed by atoms with E-state index in [0.29, 0.717) is 5.92 Å². The molecule has 0 N–H and O–H groups in total. The lowest BCUT2D eigenvalue weighted by molar-refractivity contribution is 0.859. The van der Waals surface area contributed by atoms with Crippen LogP contribution in [-0.2, 0) is 7.05 Å². The Bertz CT molecular complexity index is 695. The van der Waals surface area contributed by atoms with Crippen LogP contribution >= 0.6 is 0 Å². The Labute approximate surface area is 100 Å². The Hall–Kier alpha value is -1.90. The molecule has 0 aliphatic rings. The van der Waals surface area contributed by atoms with Crippen LogP contribution in [0, 0.1) is 0 Å². The highest BCUT2D eigenvalue weighted by Gasteiger charge is 2.13. The molecule has 0 spiro atoms. The molecule has 3 rings (SSSR count). The van der Waals surface area contributed by atoms with Gasteiger partial charge in [-0.15, -0.1) is 0 Å². The zero-order chi connectivity index (χ0) is 12.0. The summed E-state index contributed by atoms with van der Waals surface area (Å²) in [5, 5.41) is 2.38. The predicted molar refractivity (Wildman–Crippen MR) is 70.1 cm³/mol. The van der Waals surface area contributed by atoms with Crippen LogP contribution in [0.2, 0.25) is 0 Å². The number of rotatable bonds is 1. The number of aryl methyl sites for hydroxylation is 1. The number of hydrogen-bond donors (Lipinski definition) is 0. The van der Waals surface area contributed by atoms with Crippen LogP contribution < -0.4 is 0 Å². The second kappa shape index (κ2) is 3.55. The van der Waals surface area contributed by atoms with Gasteiger partial charge in [-0.25, -0.2) is 9.97 Å². The third-order valence-corrected chi connectivity index (χ3v) is 3.32. The Balaban J connectivity index is 2.57. The van der Waals surface area contributed by atoms with Gasteiger partial charge in [0, 0.05) is 24.0 Å². The van der Waals surface area contributed by atoms with Gasteiger partial charge in [0.2, 0.25) is 0 Å². The lowest BCUT2D eigenvalue weighted by Crippen LogP contribution is -1.95. The van der Waals surface area contributed by atoms with Gasteiger partial charge in [0.1, 0.15) is 12.0 Å². The minimum Gasteiger partial charge on any atom is -0.328 e. The molecule has 0 bridgehead atoms. The van der Waals surface area contributed by atoms with E-state index in [1.807, 2.05) is 6.20 Å². The Morgan fingerprint density at radius 1 is 1.18 bits per heavy atom. The van der Waals surface area contributed by atoms with Gasteiger partial charge < -0.3 is 4.57 Å². The Morgan fingerprint density at radius 2 is 2.00 bits per heavy atom. The maximum absolute atomic E-state index is 4.37. The van der Waals surface area contributed by atoms with Gasteiger partial charge >= 0.3 is 0 Å². The van der Waals surface area contributed by atoms with E-state index >= 15 is 0 Å². The predicted octanol–water partition coefficient (Wildman–Crippen LogP) is 3.24. The Morgan fingerprint density at radius 3 is 2.76 bits per heavy atom. The fourth-order valence-electron chi connectivity index (χ4n) is 2.51. The smallest absolute Gasteiger partial charge is 0.144 e. The highest BCUT2D eigenvalue weighted by Crippen LogP contribution is 2.31. The molecule has 2 aromatic heterocycles. The summed E-state index contributed by atoms with van der Waals surface area (Å²) in [7, 11) is 2.07. The third-order valence-electron chi connectivity index (χ3n) is 3.32. The molecular formula is C14H15N3. The van der Waals surface area contributed by atoms with Crippen molar-refractivity contribution in [1.29, 1.82) is 0 Å². The number of para-hydroxylation sites is 1. The highest BCUT2D eigenvalue weighted by molar-refractivity contribution is 6.07. The van der Waals surface area contributed by atoms with Crippen LogP contribution in [0.25, 0.3) is 21.9 Å². The van der Waals surface area contributed by atoms with Crippen molar-refractivity contribution in [2.75, 3.05) is 0 Å². The van der Waals surface area contributed by atoms with Crippen molar-refractivity contribution in [3.05, 3.63) is 36.3 Å². The van der Waals surface area contributed by atoms with Crippen molar-refractivity contribution in [3.63, 3.8) is 0 Å². The summed E-state index contributed by atoms with van der Waals surface area (Å²) in [6.45, 7) is 4.44. The van der Waals surface area contributed by atoms with Crippen molar-refractivity contribution in [2.45, 2.75) is 19.8 Å². The number of nitrogens with zero attached hydrogens (tertiary/aromatic N) is 3. The molecule has 0 unspecified atom stereocenters. The summed E-state index contributed by atoms with van der Waals surface area (Å²) in [6.07, 6.45) is 3.50. The van der Waals surface area contributed by atoms with Gasteiger partial charge in [0.05, 0.1) is 5.52 Å². The van der Waals surface area contributed by atoms with Crippen molar-refractivity contribution >= 4 is 21.9 Å². The van der Waals surface area contributed by atoms with E-state index in [1.54, 1.807) is 6.33 Å². The summed E-state index contributed by atoms with van der Waals surface area (Å²) in [5.41, 5.74) is 3.64. The molecule has 0 atom stereocenters. The average molecular weight is 225 g/mol. The van der Waals surface area contributed by atoms with E-state index < -0.39 is 0 Å². The maximum atomic E-state index is 4.37. The highest BCUT2D eigenvalue weighted by atomic mass is 15.0. The molecule has 0 saturated carbocycles. The molecule has 0 radical (unpaired) electrons. The minimum atomic E-state index is 0.509. The normalized spacial score (nSPS) is 11.8. The molecule has 17 heavy (non-hydrogen) atoms. The van der Waals surface area contributed by atoms with E-state index in [4.69, 9.17) is 0 Å². The van der Waals surface area contributed by atoms with Crippen LogP contribution in [0.1, 0.15) is 25.3 Å². The first-order valence-corrected chi connectivity index (χ1v) is 5.87. The minimum absolute atomic E-state index is 0.509. The first-order valence-electron chi connectivity index (χ1n) is 5.87. The summed E-state index contributed by atoms with van der Waals surface area (Å²) in [4.78, 5) is 8.50. The van der Waals surface area contributed by atoms with Gasteiger partial charge in [-0.1, -0.05) is 32.0 Å². The van der Waals surface area contributed by atoms with Crippen LogP contribution in [0.15, 0.2) is 30.7 Å². The zero-order valence-corrected chi connectivity index (χ0v) is 10.3. The van der Waals surface area contributed by atoms with Gasteiger partial charge in [-0.05, 0) is 11.5 Å². The van der Waals surface area contributed by atoms with Crippen molar-refractivity contribution in [1.82, 2.24) is 14.5 Å². The second-order valence-corrected chi connectivity index (χ2v) is 4.72. The molecule has 86 valence electrons. The number of fused-ring (bicyclic) bond motifs is 3. The van der Waals surface area contributed by atoms with Crippen molar-refractivity contribution in [3.8, 4) is 0 Å². The third kappa shape index (κ3) is 1.35. The molecule has 0 saturated heterocycles. The number of aromatic nitrogens is 3. The van der Waals surface area contributed by atoms with E-state index in [9.17, 15) is 0 Å². The molecule has 1 aromatic carbocycles. The van der Waals surface area contributed by atoms with Crippen LogP contribution in [0.3, 0.4) is 0 Å². The fourth-order valence-corrected chi connectivity index (χ4v) is 2.51. The van der Waals surface area contributed by atoms with E-state index in [-0.39, 0.29) is 0 Å². The summed E-state index contributed by atoms with van der Waals surface area (Å²) in [5.74, 6) is 0.509. The van der Waals surface area contributed by atoms with E-state index in [1.165, 1.54) is 16.5 Å². The van der Waals surface area contributed by atoms with Gasteiger partial charge in [0.25, 0.3) is 0 Å². The van der Waals surface area contributed by atoms with Gasteiger partial charge in [-0.3, -0.25) is 0 Å². The lowest BCUT2D eigenvalue weighted by Gasteiger charge is -2.09. The molecule has 2 heterocycles. The largest absolute Gasteiger partial charge is 0.328 e. The van der Waals surface area contributed by atoms with E-state index in [2.05, 4.69) is 53.6 Å². The van der Waals surface area contributed by atoms with Crippen LogP contribution in [0.4, 0.5) is 0 Å². The average Bonchev–Trinajstić information content (AvgIpc) is 2.64. The molecular weight excluding hydrogens is 210 g/mol. The quantitative estimate of drug-likeness (QED) is 0.636. The zero-order valence-electron chi connectivity index (χ0n) is 10.3. The van der Waals surface area contributed by atoms with Crippen LogP contribution in [0.5, 0.6) is 0 Å². The fraction of sp³-hybridized carbons (Fsp3) is 0.286. The SMILES string of the molecule is CC(C)c1cccc2c3cncnc3n(C)c12. The van der Waals surface area contributed by atoms with Gasteiger partial charge in [-0.2, -0.15) is 0 Å². The van der Waals surface area contributed by atoms with Gasteiger partial charge in [0.15, 0.2) is 0 Å².